The number of para-hydroxylation sites is 2. The van der Waals surface area contributed by atoms with Crippen LogP contribution >= 0.6 is 0 Å². The van der Waals surface area contributed by atoms with Crippen LogP contribution in [0.15, 0.2) is 64.4 Å². The topological polar surface area (TPSA) is 48.5 Å². The van der Waals surface area contributed by atoms with Crippen LogP contribution in [0.5, 0.6) is 5.75 Å². The lowest BCUT2D eigenvalue weighted by atomic mass is 10.2. The summed E-state index contributed by atoms with van der Waals surface area (Å²) in [6.07, 6.45) is 1.36. The number of alkyl halides is 2. The van der Waals surface area contributed by atoms with Gasteiger partial charge in [0, 0.05) is 18.8 Å². The molecule has 0 amide bonds. The lowest BCUT2D eigenvalue weighted by Gasteiger charge is -2.07. The summed E-state index contributed by atoms with van der Waals surface area (Å²) in [5.74, 6) is 0.00298. The number of ether oxygens (including phenoxy) is 1. The lowest BCUT2D eigenvalue weighted by Crippen LogP contribution is -2.19. The molecule has 26 heavy (non-hydrogen) atoms. The molecule has 0 N–H and O–H groups in total. The SMILES string of the molecule is Cc1c(N=Cc2ccccc2OC(F)F)c(=O)n(-c2ccccc2)n1C. The van der Waals surface area contributed by atoms with E-state index in [0.717, 1.165) is 0 Å². The smallest absolute Gasteiger partial charge is 0.387 e. The van der Waals surface area contributed by atoms with E-state index >= 15 is 0 Å². The number of aliphatic imine (C=N–C) groups is 1. The molecule has 1 heterocycles. The second-order valence-corrected chi connectivity index (χ2v) is 5.58. The molecule has 0 saturated carbocycles. The van der Waals surface area contributed by atoms with Gasteiger partial charge in [-0.25, -0.2) is 9.67 Å². The maximum atomic E-state index is 12.8. The van der Waals surface area contributed by atoms with Crippen LogP contribution < -0.4 is 10.3 Å². The highest BCUT2D eigenvalue weighted by Crippen LogP contribution is 2.21. The summed E-state index contributed by atoms with van der Waals surface area (Å²) in [6, 6.07) is 15.5. The van der Waals surface area contributed by atoms with Gasteiger partial charge in [0.05, 0.1) is 11.4 Å². The van der Waals surface area contributed by atoms with Gasteiger partial charge < -0.3 is 4.74 Å². The van der Waals surface area contributed by atoms with Crippen molar-refractivity contribution < 1.29 is 13.5 Å². The second-order valence-electron chi connectivity index (χ2n) is 5.58. The first-order valence-corrected chi connectivity index (χ1v) is 7.91. The molecule has 3 aromatic rings. The van der Waals surface area contributed by atoms with E-state index in [9.17, 15) is 13.6 Å². The molecular weight excluding hydrogens is 340 g/mol. The predicted molar refractivity (Wildman–Crippen MR) is 96.1 cm³/mol. The Balaban J connectivity index is 2.02. The Morgan fingerprint density at radius 1 is 1.08 bits per heavy atom. The number of benzene rings is 2. The van der Waals surface area contributed by atoms with Gasteiger partial charge in [-0.3, -0.25) is 9.48 Å². The Morgan fingerprint density at radius 3 is 2.42 bits per heavy atom. The van der Waals surface area contributed by atoms with Crippen LogP contribution in [0.1, 0.15) is 11.3 Å². The Bertz CT molecular complexity index is 992. The van der Waals surface area contributed by atoms with Crippen molar-refractivity contribution in [2.24, 2.45) is 12.0 Å². The molecule has 5 nitrogen and oxygen atoms in total. The molecular formula is C19H17F2N3O2. The minimum atomic E-state index is -2.93. The van der Waals surface area contributed by atoms with Crippen LogP contribution in [-0.2, 0) is 7.05 Å². The average Bonchev–Trinajstić information content (AvgIpc) is 2.84. The zero-order valence-corrected chi connectivity index (χ0v) is 14.3. The third kappa shape index (κ3) is 3.42. The first-order valence-electron chi connectivity index (χ1n) is 7.91. The average molecular weight is 357 g/mol. The third-order valence-electron chi connectivity index (χ3n) is 3.99. The number of halogens is 2. The summed E-state index contributed by atoms with van der Waals surface area (Å²) < 4.78 is 32.7. The highest BCUT2D eigenvalue weighted by molar-refractivity contribution is 5.85. The second kappa shape index (κ2) is 7.35. The van der Waals surface area contributed by atoms with E-state index in [1.165, 1.54) is 17.0 Å². The Morgan fingerprint density at radius 2 is 1.73 bits per heavy atom. The maximum Gasteiger partial charge on any atom is 0.387 e. The zero-order valence-electron chi connectivity index (χ0n) is 14.3. The monoisotopic (exact) mass is 357 g/mol. The quantitative estimate of drug-likeness (QED) is 0.652. The minimum absolute atomic E-state index is 0.00298. The van der Waals surface area contributed by atoms with Gasteiger partial charge in [-0.2, -0.15) is 8.78 Å². The minimum Gasteiger partial charge on any atom is -0.434 e. The van der Waals surface area contributed by atoms with E-state index in [0.29, 0.717) is 16.9 Å². The molecule has 7 heteroatoms. The van der Waals surface area contributed by atoms with E-state index in [4.69, 9.17) is 0 Å². The maximum absolute atomic E-state index is 12.8. The van der Waals surface area contributed by atoms with E-state index in [1.807, 2.05) is 30.3 Å². The zero-order chi connectivity index (χ0) is 18.7. The first-order chi connectivity index (χ1) is 12.5. The summed E-state index contributed by atoms with van der Waals surface area (Å²) in [6.45, 7) is -1.16. The van der Waals surface area contributed by atoms with Crippen LogP contribution in [-0.4, -0.2) is 22.2 Å². The van der Waals surface area contributed by atoms with Gasteiger partial charge in [-0.15, -0.1) is 0 Å². The molecule has 0 aliphatic carbocycles. The van der Waals surface area contributed by atoms with Crippen LogP contribution in [0.4, 0.5) is 14.5 Å². The first kappa shape index (κ1) is 17.6. The van der Waals surface area contributed by atoms with E-state index in [-0.39, 0.29) is 17.0 Å². The molecule has 0 atom stereocenters. The molecule has 3 rings (SSSR count). The highest BCUT2D eigenvalue weighted by Gasteiger charge is 2.15. The van der Waals surface area contributed by atoms with Crippen molar-refractivity contribution in [3.05, 3.63) is 76.2 Å². The molecule has 0 unspecified atom stereocenters. The molecule has 0 fully saturated rings. The largest absolute Gasteiger partial charge is 0.434 e. The van der Waals surface area contributed by atoms with Gasteiger partial charge in [0.15, 0.2) is 5.69 Å². The standard InChI is InChI=1S/C19H17F2N3O2/c1-13-17(18(25)24(23(13)2)15-9-4-3-5-10-15)22-12-14-8-6-7-11-16(14)26-19(20)21/h3-12,19H,1-2H3. The summed E-state index contributed by atoms with van der Waals surface area (Å²) in [5.41, 5.74) is 1.68. The van der Waals surface area contributed by atoms with Crippen molar-refractivity contribution in [1.82, 2.24) is 9.36 Å². The Kier molecular flexibility index (Phi) is 4.97. The summed E-state index contributed by atoms with van der Waals surface area (Å²) in [7, 11) is 1.76. The van der Waals surface area contributed by atoms with Crippen molar-refractivity contribution >= 4 is 11.9 Å². The van der Waals surface area contributed by atoms with Crippen LogP contribution in [0.2, 0.25) is 0 Å². The molecule has 0 bridgehead atoms. The van der Waals surface area contributed by atoms with Crippen LogP contribution in [0, 0.1) is 6.92 Å². The number of hydrogen-bond acceptors (Lipinski definition) is 3. The summed E-state index contributed by atoms with van der Waals surface area (Å²) >= 11 is 0. The Labute approximate surface area is 148 Å². The third-order valence-corrected chi connectivity index (χ3v) is 3.99. The fourth-order valence-corrected chi connectivity index (χ4v) is 2.63. The molecule has 1 aromatic heterocycles. The van der Waals surface area contributed by atoms with Crippen molar-refractivity contribution in [2.75, 3.05) is 0 Å². The highest BCUT2D eigenvalue weighted by atomic mass is 19.3. The number of rotatable bonds is 5. The van der Waals surface area contributed by atoms with E-state index < -0.39 is 6.61 Å². The summed E-state index contributed by atoms with van der Waals surface area (Å²) in [5, 5.41) is 0. The van der Waals surface area contributed by atoms with Gasteiger partial charge in [0.2, 0.25) is 0 Å². The van der Waals surface area contributed by atoms with Crippen molar-refractivity contribution in [1.29, 1.82) is 0 Å². The molecule has 0 radical (unpaired) electrons. The summed E-state index contributed by atoms with van der Waals surface area (Å²) in [4.78, 5) is 17.0. The Hall–Kier alpha value is -3.22. The van der Waals surface area contributed by atoms with Crippen molar-refractivity contribution in [2.45, 2.75) is 13.5 Å². The van der Waals surface area contributed by atoms with Gasteiger partial charge in [0.25, 0.3) is 5.56 Å². The van der Waals surface area contributed by atoms with Gasteiger partial charge in [0.1, 0.15) is 5.75 Å². The molecule has 134 valence electrons. The number of hydrogen-bond donors (Lipinski definition) is 0. The normalized spacial score (nSPS) is 11.4. The van der Waals surface area contributed by atoms with Crippen molar-refractivity contribution in [3.8, 4) is 11.4 Å². The molecule has 0 spiro atoms. The molecule has 0 aliphatic rings. The number of aromatic nitrogens is 2. The van der Waals surface area contributed by atoms with Gasteiger partial charge in [-0.05, 0) is 31.2 Å². The predicted octanol–water partition coefficient (Wildman–Crippen LogP) is 3.84. The van der Waals surface area contributed by atoms with Crippen LogP contribution in [0.3, 0.4) is 0 Å². The fraction of sp³-hybridized carbons (Fsp3) is 0.158. The molecule has 0 aliphatic heterocycles. The van der Waals surface area contributed by atoms with E-state index in [2.05, 4.69) is 9.73 Å². The number of nitrogens with zero attached hydrogens (tertiary/aromatic N) is 3. The fourth-order valence-electron chi connectivity index (χ4n) is 2.63. The molecule has 2 aromatic carbocycles. The van der Waals surface area contributed by atoms with E-state index in [1.54, 1.807) is 36.9 Å². The van der Waals surface area contributed by atoms with Crippen molar-refractivity contribution in [3.63, 3.8) is 0 Å². The van der Waals surface area contributed by atoms with Crippen LogP contribution in [0.25, 0.3) is 5.69 Å². The molecule has 0 saturated heterocycles. The van der Waals surface area contributed by atoms with Gasteiger partial charge >= 0.3 is 6.61 Å². The van der Waals surface area contributed by atoms with Gasteiger partial charge in [-0.1, -0.05) is 30.3 Å². The lowest BCUT2D eigenvalue weighted by molar-refractivity contribution is -0.0499.